The fourth-order valence-electron chi connectivity index (χ4n) is 1.72. The maximum atomic E-state index is 12.8. The van der Waals surface area contributed by atoms with Gasteiger partial charge in [0.2, 0.25) is 0 Å². The number of ether oxygens (including phenoxy) is 1. The number of anilines is 1. The fourth-order valence-corrected chi connectivity index (χ4v) is 2.78. The van der Waals surface area contributed by atoms with Crippen molar-refractivity contribution in [3.63, 3.8) is 0 Å². The minimum atomic E-state index is -4.03. The van der Waals surface area contributed by atoms with Gasteiger partial charge in [0.25, 0.3) is 10.0 Å². The molecule has 22 heavy (non-hydrogen) atoms. The van der Waals surface area contributed by atoms with Crippen molar-refractivity contribution in [2.45, 2.75) is 4.90 Å². The van der Waals surface area contributed by atoms with Gasteiger partial charge in [0, 0.05) is 0 Å². The van der Waals surface area contributed by atoms with Crippen LogP contribution in [0.1, 0.15) is 10.4 Å². The number of hydrogen-bond donors (Lipinski definition) is 2. The molecule has 116 valence electrons. The average molecular weight is 325 g/mol. The number of halogens is 1. The van der Waals surface area contributed by atoms with Gasteiger partial charge in [-0.3, -0.25) is 4.72 Å². The molecule has 0 radical (unpaired) electrons. The monoisotopic (exact) mass is 325 g/mol. The van der Waals surface area contributed by atoms with Crippen LogP contribution in [-0.4, -0.2) is 26.6 Å². The van der Waals surface area contributed by atoms with Crippen LogP contribution in [0.2, 0.25) is 0 Å². The molecule has 2 aromatic carbocycles. The molecule has 0 saturated heterocycles. The lowest BCUT2D eigenvalue weighted by atomic mass is 10.2. The summed E-state index contributed by atoms with van der Waals surface area (Å²) >= 11 is 0. The standard InChI is InChI=1S/C14H12FNO5S/c1-21-14(18)11-3-2-4-12(13(11)17)16-22(19,20)10-7-5-9(15)6-8-10/h2-8,16-17H,1H3. The van der Waals surface area contributed by atoms with E-state index in [9.17, 15) is 22.7 Å². The smallest absolute Gasteiger partial charge is 0.341 e. The van der Waals surface area contributed by atoms with E-state index in [1.165, 1.54) is 18.2 Å². The quantitative estimate of drug-likeness (QED) is 0.663. The molecule has 2 aromatic rings. The molecule has 0 spiro atoms. The fraction of sp³-hybridized carbons (Fsp3) is 0.0714. The molecule has 8 heteroatoms. The molecule has 6 nitrogen and oxygen atoms in total. The largest absolute Gasteiger partial charge is 0.505 e. The number of benzene rings is 2. The van der Waals surface area contributed by atoms with E-state index in [0.29, 0.717) is 0 Å². The summed E-state index contributed by atoms with van der Waals surface area (Å²) in [4.78, 5) is 11.3. The summed E-state index contributed by atoms with van der Waals surface area (Å²) in [5.74, 6) is -1.94. The molecule has 0 aliphatic rings. The second kappa shape index (κ2) is 6.02. The number of phenolic OH excluding ortho intramolecular Hbond substituents is 1. The molecule has 2 N–H and O–H groups in total. The molecule has 0 saturated carbocycles. The first kappa shape index (κ1) is 15.8. The van der Waals surface area contributed by atoms with Crippen LogP contribution in [0.15, 0.2) is 47.4 Å². The number of esters is 1. The number of methoxy groups -OCH3 is 1. The first-order chi connectivity index (χ1) is 10.3. The third kappa shape index (κ3) is 3.17. The van der Waals surface area contributed by atoms with E-state index in [-0.39, 0.29) is 16.1 Å². The van der Waals surface area contributed by atoms with Crippen molar-refractivity contribution in [1.82, 2.24) is 0 Å². The van der Waals surface area contributed by atoms with Crippen LogP contribution in [0.25, 0.3) is 0 Å². The molecular weight excluding hydrogens is 313 g/mol. The summed E-state index contributed by atoms with van der Waals surface area (Å²) in [5.41, 5.74) is -0.367. The van der Waals surface area contributed by atoms with Gasteiger partial charge in [-0.15, -0.1) is 0 Å². The Hall–Kier alpha value is -2.61. The minimum absolute atomic E-state index is 0.179. The van der Waals surface area contributed by atoms with Crippen molar-refractivity contribution in [2.24, 2.45) is 0 Å². The highest BCUT2D eigenvalue weighted by Gasteiger charge is 2.20. The topological polar surface area (TPSA) is 92.7 Å². The molecule has 0 amide bonds. The Morgan fingerprint density at radius 2 is 1.82 bits per heavy atom. The lowest BCUT2D eigenvalue weighted by Gasteiger charge is -2.11. The number of carbonyl (C=O) groups excluding carboxylic acids is 1. The lowest BCUT2D eigenvalue weighted by molar-refractivity contribution is 0.0597. The van der Waals surface area contributed by atoms with Crippen LogP contribution < -0.4 is 4.72 Å². The molecule has 0 aliphatic carbocycles. The summed E-state index contributed by atoms with van der Waals surface area (Å²) in [6, 6.07) is 8.12. The predicted octanol–water partition coefficient (Wildman–Crippen LogP) is 2.12. The molecule has 0 atom stereocenters. The van der Waals surface area contributed by atoms with E-state index >= 15 is 0 Å². The second-order valence-corrected chi connectivity index (χ2v) is 5.94. The van der Waals surface area contributed by atoms with Crippen molar-refractivity contribution < 1.29 is 27.4 Å². The SMILES string of the molecule is COC(=O)c1cccc(NS(=O)(=O)c2ccc(F)cc2)c1O. The zero-order valence-corrected chi connectivity index (χ0v) is 12.2. The van der Waals surface area contributed by atoms with Crippen LogP contribution in [-0.2, 0) is 14.8 Å². The summed E-state index contributed by atoms with van der Waals surface area (Å²) in [5, 5.41) is 9.96. The zero-order valence-electron chi connectivity index (χ0n) is 11.4. The Bertz CT molecular complexity index is 802. The average Bonchev–Trinajstić information content (AvgIpc) is 2.49. The molecule has 0 fully saturated rings. The Morgan fingerprint density at radius 3 is 2.41 bits per heavy atom. The number of phenols is 1. The number of carbonyl (C=O) groups is 1. The van der Waals surface area contributed by atoms with Crippen LogP contribution in [0.3, 0.4) is 0 Å². The van der Waals surface area contributed by atoms with Crippen LogP contribution >= 0.6 is 0 Å². The number of hydrogen-bond acceptors (Lipinski definition) is 5. The predicted molar refractivity (Wildman–Crippen MR) is 76.7 cm³/mol. The van der Waals surface area contributed by atoms with Gasteiger partial charge in [-0.1, -0.05) is 6.07 Å². The Morgan fingerprint density at radius 1 is 1.18 bits per heavy atom. The molecule has 2 rings (SSSR count). The van der Waals surface area contributed by atoms with Gasteiger partial charge in [-0.05, 0) is 36.4 Å². The van der Waals surface area contributed by atoms with Crippen molar-refractivity contribution in [3.8, 4) is 5.75 Å². The highest BCUT2D eigenvalue weighted by molar-refractivity contribution is 7.92. The van der Waals surface area contributed by atoms with E-state index in [1.807, 2.05) is 0 Å². The van der Waals surface area contributed by atoms with Crippen molar-refractivity contribution in [2.75, 3.05) is 11.8 Å². The van der Waals surface area contributed by atoms with Crippen LogP contribution in [0.5, 0.6) is 5.75 Å². The Balaban J connectivity index is 2.38. The number of rotatable bonds is 4. The molecule has 0 aromatic heterocycles. The summed E-state index contributed by atoms with van der Waals surface area (Å²) in [6.07, 6.45) is 0. The highest BCUT2D eigenvalue weighted by Crippen LogP contribution is 2.30. The highest BCUT2D eigenvalue weighted by atomic mass is 32.2. The maximum Gasteiger partial charge on any atom is 0.341 e. The summed E-state index contributed by atoms with van der Waals surface area (Å²) < 4.78 is 43.8. The van der Waals surface area contributed by atoms with E-state index in [4.69, 9.17) is 0 Å². The van der Waals surface area contributed by atoms with Gasteiger partial charge in [0.05, 0.1) is 17.7 Å². The van der Waals surface area contributed by atoms with Gasteiger partial charge in [0.1, 0.15) is 11.4 Å². The molecule has 0 heterocycles. The molecule has 0 unspecified atom stereocenters. The molecular formula is C14H12FNO5S. The normalized spacial score (nSPS) is 11.0. The van der Waals surface area contributed by atoms with E-state index in [1.54, 1.807) is 0 Å². The van der Waals surface area contributed by atoms with E-state index < -0.39 is 27.6 Å². The number of para-hydroxylation sites is 1. The molecule has 0 bridgehead atoms. The minimum Gasteiger partial charge on any atom is -0.505 e. The number of sulfonamides is 1. The first-order valence-corrected chi connectivity index (χ1v) is 7.52. The van der Waals surface area contributed by atoms with Crippen molar-refractivity contribution in [3.05, 3.63) is 53.8 Å². The lowest BCUT2D eigenvalue weighted by Crippen LogP contribution is -2.14. The number of nitrogens with one attached hydrogen (secondary N) is 1. The first-order valence-electron chi connectivity index (χ1n) is 6.04. The summed E-state index contributed by atoms with van der Waals surface area (Å²) in [6.45, 7) is 0. The summed E-state index contributed by atoms with van der Waals surface area (Å²) in [7, 11) is -2.89. The Kier molecular flexibility index (Phi) is 4.32. The van der Waals surface area contributed by atoms with Gasteiger partial charge < -0.3 is 9.84 Å². The zero-order chi connectivity index (χ0) is 16.3. The van der Waals surface area contributed by atoms with Crippen molar-refractivity contribution in [1.29, 1.82) is 0 Å². The van der Waals surface area contributed by atoms with Gasteiger partial charge in [0.15, 0.2) is 5.75 Å². The van der Waals surface area contributed by atoms with E-state index in [0.717, 1.165) is 31.4 Å². The molecule has 0 aliphatic heterocycles. The van der Waals surface area contributed by atoms with Gasteiger partial charge >= 0.3 is 5.97 Å². The Labute approximate surface area is 126 Å². The van der Waals surface area contributed by atoms with Crippen LogP contribution in [0.4, 0.5) is 10.1 Å². The third-order valence-corrected chi connectivity index (χ3v) is 4.19. The van der Waals surface area contributed by atoms with E-state index in [2.05, 4.69) is 9.46 Å². The third-order valence-electron chi connectivity index (χ3n) is 2.81. The van der Waals surface area contributed by atoms with Gasteiger partial charge in [-0.25, -0.2) is 17.6 Å². The number of aromatic hydroxyl groups is 1. The maximum absolute atomic E-state index is 12.8. The van der Waals surface area contributed by atoms with Gasteiger partial charge in [-0.2, -0.15) is 0 Å². The van der Waals surface area contributed by atoms with Crippen LogP contribution in [0, 0.1) is 5.82 Å². The second-order valence-electron chi connectivity index (χ2n) is 4.25. The van der Waals surface area contributed by atoms with Crippen molar-refractivity contribution >= 4 is 21.7 Å².